The number of rotatable bonds is 6. The minimum Gasteiger partial charge on any atom is -0.481 e. The Morgan fingerprint density at radius 1 is 1.50 bits per heavy atom. The zero-order chi connectivity index (χ0) is 12.7. The first-order valence-corrected chi connectivity index (χ1v) is 5.97. The summed E-state index contributed by atoms with van der Waals surface area (Å²) in [4.78, 5) is 11.3. The van der Waals surface area contributed by atoms with Gasteiger partial charge in [0.15, 0.2) is 18.2 Å². The van der Waals surface area contributed by atoms with Crippen LogP contribution in [0.3, 0.4) is 0 Å². The van der Waals surface area contributed by atoms with Crippen molar-refractivity contribution in [2.45, 2.75) is 6.42 Å². The Bertz CT molecular complexity index is 393. The fourth-order valence-corrected chi connectivity index (χ4v) is 1.45. The molecular weight excluding hydrogens is 326 g/mol. The topological polar surface area (TPSA) is 64.3 Å². The molecule has 0 fully saturated rings. The molecule has 0 aliphatic rings. The Morgan fingerprint density at radius 2 is 2.22 bits per heavy atom. The van der Waals surface area contributed by atoms with Crippen molar-refractivity contribution in [3.63, 3.8) is 0 Å². The van der Waals surface area contributed by atoms with Gasteiger partial charge in [-0.1, -0.05) is 15.9 Å². The monoisotopic (exact) mass is 340 g/mol. The summed E-state index contributed by atoms with van der Waals surface area (Å²) in [6.07, 6.45) is 0.707. The van der Waals surface area contributed by atoms with Crippen LogP contribution < -0.4 is 15.8 Å². The van der Waals surface area contributed by atoms with E-state index in [9.17, 15) is 9.18 Å². The van der Waals surface area contributed by atoms with Crippen molar-refractivity contribution in [3.8, 4) is 5.75 Å². The van der Waals surface area contributed by atoms with E-state index in [1.54, 1.807) is 6.07 Å². The van der Waals surface area contributed by atoms with Gasteiger partial charge in [-0.15, -0.1) is 12.4 Å². The minimum absolute atomic E-state index is 0. The van der Waals surface area contributed by atoms with Crippen LogP contribution in [0.25, 0.3) is 0 Å². The van der Waals surface area contributed by atoms with Crippen molar-refractivity contribution < 1.29 is 13.9 Å². The van der Waals surface area contributed by atoms with Gasteiger partial charge in [0, 0.05) is 11.0 Å². The Kier molecular flexibility index (Phi) is 8.70. The number of carbonyl (C=O) groups excluding carboxylic acids is 1. The molecule has 0 spiro atoms. The summed E-state index contributed by atoms with van der Waals surface area (Å²) in [5, 5.41) is 2.61. The van der Waals surface area contributed by atoms with Gasteiger partial charge in [-0.2, -0.15) is 0 Å². The number of carbonyl (C=O) groups is 1. The molecule has 3 N–H and O–H groups in total. The molecular formula is C11H15BrClFN2O2. The van der Waals surface area contributed by atoms with Gasteiger partial charge in [0.05, 0.1) is 0 Å². The average Bonchev–Trinajstić information content (AvgIpc) is 2.28. The molecule has 0 saturated heterocycles. The quantitative estimate of drug-likeness (QED) is 0.776. The molecule has 0 aliphatic heterocycles. The maximum absolute atomic E-state index is 13.3. The molecule has 0 aromatic heterocycles. The first kappa shape index (κ1) is 17.2. The molecule has 0 unspecified atom stereocenters. The number of nitrogens with one attached hydrogen (secondary N) is 1. The summed E-state index contributed by atoms with van der Waals surface area (Å²) in [5.41, 5.74) is 5.28. The summed E-state index contributed by atoms with van der Waals surface area (Å²) in [5.74, 6) is -0.739. The molecule has 18 heavy (non-hydrogen) atoms. The van der Waals surface area contributed by atoms with Gasteiger partial charge in [0.1, 0.15) is 0 Å². The molecule has 0 atom stereocenters. The highest BCUT2D eigenvalue weighted by atomic mass is 79.9. The Labute approximate surface area is 120 Å². The largest absolute Gasteiger partial charge is 0.481 e. The van der Waals surface area contributed by atoms with Crippen LogP contribution >= 0.6 is 28.3 Å². The van der Waals surface area contributed by atoms with Crippen molar-refractivity contribution in [2.75, 3.05) is 19.7 Å². The average molecular weight is 342 g/mol. The lowest BCUT2D eigenvalue weighted by atomic mass is 10.3. The van der Waals surface area contributed by atoms with Gasteiger partial charge in [0.2, 0.25) is 0 Å². The third-order valence-electron chi connectivity index (χ3n) is 1.96. The van der Waals surface area contributed by atoms with Crippen LogP contribution in [0.1, 0.15) is 6.42 Å². The van der Waals surface area contributed by atoms with Gasteiger partial charge in [-0.3, -0.25) is 4.79 Å². The molecule has 0 saturated carbocycles. The van der Waals surface area contributed by atoms with E-state index in [-0.39, 0.29) is 30.7 Å². The molecule has 102 valence electrons. The number of ether oxygens (including phenoxy) is 1. The molecule has 0 heterocycles. The standard InChI is InChI=1S/C11H14BrFN2O2.ClH/c12-8-2-3-10(9(13)6-8)17-7-11(16)15-5-1-4-14;/h2-3,6H,1,4-5,7,14H2,(H,15,16);1H. The SMILES string of the molecule is Cl.NCCCNC(=O)COc1ccc(Br)cc1F. The third-order valence-corrected chi connectivity index (χ3v) is 2.45. The maximum Gasteiger partial charge on any atom is 0.257 e. The summed E-state index contributed by atoms with van der Waals surface area (Å²) >= 11 is 3.13. The Hall–Kier alpha value is -0.850. The predicted molar refractivity (Wildman–Crippen MR) is 73.5 cm³/mol. The number of benzene rings is 1. The van der Waals surface area contributed by atoms with E-state index < -0.39 is 5.82 Å². The first-order valence-electron chi connectivity index (χ1n) is 5.18. The van der Waals surface area contributed by atoms with Crippen molar-refractivity contribution in [1.29, 1.82) is 0 Å². The zero-order valence-corrected chi connectivity index (χ0v) is 12.0. The van der Waals surface area contributed by atoms with E-state index in [1.807, 2.05) is 0 Å². The van der Waals surface area contributed by atoms with E-state index in [1.165, 1.54) is 12.1 Å². The number of nitrogens with two attached hydrogens (primary N) is 1. The van der Waals surface area contributed by atoms with E-state index in [0.717, 1.165) is 0 Å². The number of hydrogen-bond acceptors (Lipinski definition) is 3. The van der Waals surface area contributed by atoms with Crippen LogP contribution in [0.5, 0.6) is 5.75 Å². The molecule has 0 aliphatic carbocycles. The molecule has 1 aromatic carbocycles. The normalized spacial score (nSPS) is 9.50. The Morgan fingerprint density at radius 3 is 2.83 bits per heavy atom. The fraction of sp³-hybridized carbons (Fsp3) is 0.364. The summed E-state index contributed by atoms with van der Waals surface area (Å²) < 4.78 is 19.0. The second-order valence-electron chi connectivity index (χ2n) is 3.36. The second kappa shape index (κ2) is 9.13. The smallest absolute Gasteiger partial charge is 0.257 e. The molecule has 7 heteroatoms. The third kappa shape index (κ3) is 6.18. The maximum atomic E-state index is 13.3. The van der Waals surface area contributed by atoms with Crippen LogP contribution in [0, 0.1) is 5.82 Å². The van der Waals surface area contributed by atoms with Crippen LogP contribution in [-0.4, -0.2) is 25.6 Å². The van der Waals surface area contributed by atoms with Crippen molar-refractivity contribution in [1.82, 2.24) is 5.32 Å². The van der Waals surface area contributed by atoms with E-state index in [0.29, 0.717) is 24.0 Å². The van der Waals surface area contributed by atoms with E-state index in [4.69, 9.17) is 10.5 Å². The van der Waals surface area contributed by atoms with Gasteiger partial charge in [-0.25, -0.2) is 4.39 Å². The lowest BCUT2D eigenvalue weighted by Crippen LogP contribution is -2.30. The molecule has 4 nitrogen and oxygen atoms in total. The van der Waals surface area contributed by atoms with Crippen molar-refractivity contribution in [2.24, 2.45) is 5.73 Å². The first-order chi connectivity index (χ1) is 8.13. The summed E-state index contributed by atoms with van der Waals surface area (Å²) in [6, 6.07) is 4.39. The fourth-order valence-electron chi connectivity index (χ4n) is 1.12. The highest BCUT2D eigenvalue weighted by Gasteiger charge is 2.06. The lowest BCUT2D eigenvalue weighted by Gasteiger charge is -2.07. The van der Waals surface area contributed by atoms with Crippen LogP contribution in [-0.2, 0) is 4.79 Å². The molecule has 1 amide bonds. The van der Waals surface area contributed by atoms with Crippen molar-refractivity contribution >= 4 is 34.2 Å². The molecule has 1 rings (SSSR count). The second-order valence-corrected chi connectivity index (χ2v) is 4.27. The summed E-state index contributed by atoms with van der Waals surface area (Å²) in [6.45, 7) is 0.813. The van der Waals surface area contributed by atoms with Crippen LogP contribution in [0.2, 0.25) is 0 Å². The van der Waals surface area contributed by atoms with Crippen LogP contribution in [0.4, 0.5) is 4.39 Å². The van der Waals surface area contributed by atoms with Gasteiger partial charge in [0.25, 0.3) is 5.91 Å². The predicted octanol–water partition coefficient (Wildman–Crippen LogP) is 1.85. The number of halogens is 3. The van der Waals surface area contributed by atoms with Gasteiger partial charge in [-0.05, 0) is 31.2 Å². The zero-order valence-electron chi connectivity index (χ0n) is 9.62. The highest BCUT2D eigenvalue weighted by Crippen LogP contribution is 2.21. The van der Waals surface area contributed by atoms with E-state index in [2.05, 4.69) is 21.2 Å². The highest BCUT2D eigenvalue weighted by molar-refractivity contribution is 9.10. The molecule has 0 radical (unpaired) electrons. The Balaban J connectivity index is 0.00000289. The number of amides is 1. The van der Waals surface area contributed by atoms with Crippen molar-refractivity contribution in [3.05, 3.63) is 28.5 Å². The van der Waals surface area contributed by atoms with E-state index >= 15 is 0 Å². The number of hydrogen-bond donors (Lipinski definition) is 2. The molecule has 0 bridgehead atoms. The van der Waals surface area contributed by atoms with Gasteiger partial charge >= 0.3 is 0 Å². The van der Waals surface area contributed by atoms with Gasteiger partial charge < -0.3 is 15.8 Å². The lowest BCUT2D eigenvalue weighted by molar-refractivity contribution is -0.123. The summed E-state index contributed by atoms with van der Waals surface area (Å²) in [7, 11) is 0. The van der Waals surface area contributed by atoms with Crippen LogP contribution in [0.15, 0.2) is 22.7 Å². The minimum atomic E-state index is -0.505. The molecule has 1 aromatic rings.